The molecular formula is C14H16ClN3. The van der Waals surface area contributed by atoms with Crippen molar-refractivity contribution in [3.05, 3.63) is 35.7 Å². The summed E-state index contributed by atoms with van der Waals surface area (Å²) in [5.41, 5.74) is 2.50. The summed E-state index contributed by atoms with van der Waals surface area (Å²) >= 11 is 5.96. The van der Waals surface area contributed by atoms with Gasteiger partial charge in [-0.05, 0) is 24.8 Å². The lowest BCUT2D eigenvalue weighted by atomic mass is 10.0. The van der Waals surface area contributed by atoms with Crippen LogP contribution in [0.5, 0.6) is 0 Å². The van der Waals surface area contributed by atoms with Gasteiger partial charge in [-0.25, -0.2) is 0 Å². The van der Waals surface area contributed by atoms with Gasteiger partial charge in [-0.1, -0.05) is 31.2 Å². The van der Waals surface area contributed by atoms with Gasteiger partial charge < -0.3 is 4.57 Å². The van der Waals surface area contributed by atoms with Gasteiger partial charge in [0.15, 0.2) is 5.82 Å². The summed E-state index contributed by atoms with van der Waals surface area (Å²) < 4.78 is 2.22. The molecule has 3 nitrogen and oxygen atoms in total. The lowest BCUT2D eigenvalue weighted by molar-refractivity contribution is 0.711. The number of halogens is 1. The molecule has 3 rings (SSSR count). The first kappa shape index (κ1) is 11.7. The van der Waals surface area contributed by atoms with Crippen molar-refractivity contribution in [3.8, 4) is 11.4 Å². The normalized spacial score (nSPS) is 15.0. The van der Waals surface area contributed by atoms with Crippen LogP contribution in [0.3, 0.4) is 0 Å². The highest BCUT2D eigenvalue weighted by atomic mass is 35.5. The molecule has 0 unspecified atom stereocenters. The number of alkyl halides is 1. The zero-order valence-corrected chi connectivity index (χ0v) is 11.2. The van der Waals surface area contributed by atoms with Crippen LogP contribution in [-0.2, 0) is 12.3 Å². The zero-order chi connectivity index (χ0) is 12.5. The lowest BCUT2D eigenvalue weighted by Crippen LogP contribution is -2.03. The van der Waals surface area contributed by atoms with E-state index in [9.17, 15) is 0 Å². The summed E-state index contributed by atoms with van der Waals surface area (Å²) in [6.07, 6.45) is 3.43. The number of hydrogen-bond donors (Lipinski definition) is 0. The molecule has 0 atom stereocenters. The Morgan fingerprint density at radius 1 is 1.28 bits per heavy atom. The molecule has 1 heterocycles. The minimum Gasteiger partial charge on any atom is -0.307 e. The van der Waals surface area contributed by atoms with Crippen molar-refractivity contribution in [1.29, 1.82) is 0 Å². The molecule has 2 aromatic rings. The van der Waals surface area contributed by atoms with E-state index in [0.29, 0.717) is 11.9 Å². The SMILES string of the molecule is CCc1ccccc1-c1nnc(CCl)n1C1CC1. The van der Waals surface area contributed by atoms with Crippen molar-refractivity contribution in [2.75, 3.05) is 0 Å². The van der Waals surface area contributed by atoms with E-state index in [-0.39, 0.29) is 0 Å². The van der Waals surface area contributed by atoms with Crippen molar-refractivity contribution in [3.63, 3.8) is 0 Å². The van der Waals surface area contributed by atoms with E-state index in [1.165, 1.54) is 24.0 Å². The summed E-state index contributed by atoms with van der Waals surface area (Å²) in [4.78, 5) is 0. The molecule has 0 spiro atoms. The maximum absolute atomic E-state index is 5.96. The summed E-state index contributed by atoms with van der Waals surface area (Å²) in [5.74, 6) is 2.29. The minimum absolute atomic E-state index is 0.428. The van der Waals surface area contributed by atoms with Crippen molar-refractivity contribution in [2.45, 2.75) is 38.1 Å². The van der Waals surface area contributed by atoms with Crippen molar-refractivity contribution < 1.29 is 0 Å². The Kier molecular flexibility index (Phi) is 3.08. The maximum Gasteiger partial charge on any atom is 0.164 e. The Balaban J connectivity index is 2.13. The molecule has 1 aliphatic carbocycles. The summed E-state index contributed by atoms with van der Waals surface area (Å²) in [7, 11) is 0. The molecule has 0 N–H and O–H groups in total. The van der Waals surface area contributed by atoms with Crippen LogP contribution in [0.15, 0.2) is 24.3 Å². The number of rotatable bonds is 4. The predicted octanol–water partition coefficient (Wildman–Crippen LogP) is 3.58. The van der Waals surface area contributed by atoms with Crippen LogP contribution in [0.2, 0.25) is 0 Å². The zero-order valence-electron chi connectivity index (χ0n) is 10.4. The average Bonchev–Trinajstić information content (AvgIpc) is 3.17. The van der Waals surface area contributed by atoms with Crippen molar-refractivity contribution in [2.24, 2.45) is 0 Å². The summed E-state index contributed by atoms with van der Waals surface area (Å²) in [6, 6.07) is 8.96. The number of nitrogens with zero attached hydrogens (tertiary/aromatic N) is 3. The predicted molar refractivity (Wildman–Crippen MR) is 72.7 cm³/mol. The highest BCUT2D eigenvalue weighted by Crippen LogP contribution is 2.39. The fraction of sp³-hybridized carbons (Fsp3) is 0.429. The number of aryl methyl sites for hydroxylation is 1. The maximum atomic E-state index is 5.96. The molecule has 18 heavy (non-hydrogen) atoms. The third-order valence-electron chi connectivity index (χ3n) is 3.44. The van der Waals surface area contributed by atoms with E-state index in [1.807, 2.05) is 0 Å². The van der Waals surface area contributed by atoms with E-state index in [2.05, 4.69) is 46.0 Å². The molecule has 1 saturated carbocycles. The largest absolute Gasteiger partial charge is 0.307 e. The first-order valence-electron chi connectivity index (χ1n) is 6.43. The van der Waals surface area contributed by atoms with Crippen molar-refractivity contribution >= 4 is 11.6 Å². The molecule has 1 fully saturated rings. The highest BCUT2D eigenvalue weighted by molar-refractivity contribution is 6.16. The first-order chi connectivity index (χ1) is 8.85. The third-order valence-corrected chi connectivity index (χ3v) is 3.68. The smallest absolute Gasteiger partial charge is 0.164 e. The van der Waals surface area contributed by atoms with Gasteiger partial charge in [0.2, 0.25) is 0 Å². The van der Waals surface area contributed by atoms with Crippen molar-refractivity contribution in [1.82, 2.24) is 14.8 Å². The quantitative estimate of drug-likeness (QED) is 0.788. The standard InChI is InChI=1S/C14H16ClN3/c1-2-10-5-3-4-6-12(10)14-17-16-13(9-15)18(14)11-7-8-11/h3-6,11H,2,7-9H2,1H3. The molecule has 1 aromatic heterocycles. The second-order valence-electron chi connectivity index (χ2n) is 4.69. The Labute approximate surface area is 112 Å². The van der Waals surface area contributed by atoms with Gasteiger partial charge in [-0.15, -0.1) is 21.8 Å². The second kappa shape index (κ2) is 4.73. The van der Waals surface area contributed by atoms with Crippen LogP contribution >= 0.6 is 11.6 Å². The molecule has 4 heteroatoms. The molecule has 0 aliphatic heterocycles. The number of aromatic nitrogens is 3. The van der Waals surface area contributed by atoms with E-state index < -0.39 is 0 Å². The Morgan fingerprint density at radius 3 is 2.72 bits per heavy atom. The first-order valence-corrected chi connectivity index (χ1v) is 6.96. The second-order valence-corrected chi connectivity index (χ2v) is 4.95. The van der Waals surface area contributed by atoms with Gasteiger partial charge in [0.05, 0.1) is 5.88 Å². The van der Waals surface area contributed by atoms with Crippen LogP contribution in [0.25, 0.3) is 11.4 Å². The molecule has 0 amide bonds. The summed E-state index contributed by atoms with van der Waals surface area (Å²) in [5, 5.41) is 8.58. The average molecular weight is 262 g/mol. The Bertz CT molecular complexity index is 558. The molecule has 94 valence electrons. The van der Waals surface area contributed by atoms with Crippen LogP contribution in [0, 0.1) is 0 Å². The molecule has 0 bridgehead atoms. The van der Waals surface area contributed by atoms with E-state index >= 15 is 0 Å². The molecule has 1 aliphatic rings. The molecule has 0 radical (unpaired) electrons. The van der Waals surface area contributed by atoms with Gasteiger partial charge >= 0.3 is 0 Å². The van der Waals surface area contributed by atoms with E-state index in [4.69, 9.17) is 11.6 Å². The van der Waals surface area contributed by atoms with Gasteiger partial charge in [0, 0.05) is 11.6 Å². The van der Waals surface area contributed by atoms with Crippen LogP contribution in [0.4, 0.5) is 0 Å². The van der Waals surface area contributed by atoms with Gasteiger partial charge in [-0.3, -0.25) is 0 Å². The monoisotopic (exact) mass is 261 g/mol. The topological polar surface area (TPSA) is 30.7 Å². The third kappa shape index (κ3) is 1.93. The van der Waals surface area contributed by atoms with Gasteiger partial charge in [-0.2, -0.15) is 0 Å². The van der Waals surface area contributed by atoms with Gasteiger partial charge in [0.25, 0.3) is 0 Å². The van der Waals surface area contributed by atoms with Crippen LogP contribution in [-0.4, -0.2) is 14.8 Å². The molecule has 1 aromatic carbocycles. The Hall–Kier alpha value is -1.35. The van der Waals surface area contributed by atoms with Gasteiger partial charge in [0.1, 0.15) is 5.82 Å². The lowest BCUT2D eigenvalue weighted by Gasteiger charge is -2.10. The molecule has 0 saturated heterocycles. The fourth-order valence-corrected chi connectivity index (χ4v) is 2.54. The minimum atomic E-state index is 0.428. The number of hydrogen-bond acceptors (Lipinski definition) is 2. The van der Waals surface area contributed by atoms with Crippen LogP contribution < -0.4 is 0 Å². The fourth-order valence-electron chi connectivity index (χ4n) is 2.36. The van der Waals surface area contributed by atoms with Crippen LogP contribution in [0.1, 0.15) is 37.2 Å². The van der Waals surface area contributed by atoms with E-state index in [0.717, 1.165) is 18.1 Å². The summed E-state index contributed by atoms with van der Waals surface area (Å²) in [6.45, 7) is 2.17. The Morgan fingerprint density at radius 2 is 2.06 bits per heavy atom. The highest BCUT2D eigenvalue weighted by Gasteiger charge is 2.29. The number of benzene rings is 1. The van der Waals surface area contributed by atoms with E-state index in [1.54, 1.807) is 0 Å². The molecular weight excluding hydrogens is 246 g/mol.